The molecular weight excluding hydrogens is 112 g/mol. The SMILES string of the molecule is C=CC1(CCCC)CO1. The van der Waals surface area contributed by atoms with Gasteiger partial charge in [0.15, 0.2) is 0 Å². The van der Waals surface area contributed by atoms with Crippen LogP contribution in [0, 0.1) is 0 Å². The predicted molar refractivity (Wildman–Crippen MR) is 38.4 cm³/mol. The molecule has 1 rings (SSSR count). The Morgan fingerprint density at radius 2 is 2.44 bits per heavy atom. The van der Waals surface area contributed by atoms with Crippen molar-refractivity contribution in [1.82, 2.24) is 0 Å². The number of hydrogen-bond donors (Lipinski definition) is 0. The van der Waals surface area contributed by atoms with Gasteiger partial charge in [-0.1, -0.05) is 25.8 Å². The normalized spacial score (nSPS) is 32.1. The highest BCUT2D eigenvalue weighted by Crippen LogP contribution is 2.33. The summed E-state index contributed by atoms with van der Waals surface area (Å²) in [6.45, 7) is 6.82. The average Bonchev–Trinajstić information content (AvgIpc) is 2.65. The lowest BCUT2D eigenvalue weighted by Crippen LogP contribution is -2.04. The van der Waals surface area contributed by atoms with Gasteiger partial charge in [0.1, 0.15) is 5.60 Å². The van der Waals surface area contributed by atoms with Crippen LogP contribution in [-0.2, 0) is 4.74 Å². The largest absolute Gasteiger partial charge is 0.365 e. The third kappa shape index (κ3) is 1.55. The smallest absolute Gasteiger partial charge is 0.109 e. The van der Waals surface area contributed by atoms with Crippen molar-refractivity contribution < 1.29 is 4.74 Å². The first-order valence-corrected chi connectivity index (χ1v) is 3.60. The third-order valence-corrected chi connectivity index (χ3v) is 1.84. The molecule has 1 heteroatoms. The van der Waals surface area contributed by atoms with E-state index in [4.69, 9.17) is 4.74 Å². The lowest BCUT2D eigenvalue weighted by Gasteiger charge is -2.01. The van der Waals surface area contributed by atoms with Crippen molar-refractivity contribution in [3.8, 4) is 0 Å². The topological polar surface area (TPSA) is 12.5 Å². The van der Waals surface area contributed by atoms with Crippen LogP contribution >= 0.6 is 0 Å². The molecule has 0 N–H and O–H groups in total. The summed E-state index contributed by atoms with van der Waals surface area (Å²) < 4.78 is 5.23. The van der Waals surface area contributed by atoms with Crippen LogP contribution in [-0.4, -0.2) is 12.2 Å². The van der Waals surface area contributed by atoms with Crippen molar-refractivity contribution >= 4 is 0 Å². The average molecular weight is 126 g/mol. The number of epoxide rings is 1. The Hall–Kier alpha value is -0.300. The van der Waals surface area contributed by atoms with Gasteiger partial charge in [-0.2, -0.15) is 0 Å². The molecular formula is C8H14O. The van der Waals surface area contributed by atoms with E-state index in [1.807, 2.05) is 6.08 Å². The van der Waals surface area contributed by atoms with E-state index in [1.165, 1.54) is 12.8 Å². The van der Waals surface area contributed by atoms with Crippen LogP contribution in [0.2, 0.25) is 0 Å². The number of unbranched alkanes of at least 4 members (excludes halogenated alkanes) is 1. The van der Waals surface area contributed by atoms with E-state index >= 15 is 0 Å². The first-order chi connectivity index (χ1) is 4.33. The van der Waals surface area contributed by atoms with Crippen LogP contribution in [0.3, 0.4) is 0 Å². The van der Waals surface area contributed by atoms with Crippen molar-refractivity contribution in [2.75, 3.05) is 6.61 Å². The van der Waals surface area contributed by atoms with Crippen LogP contribution in [0.1, 0.15) is 26.2 Å². The number of hydrogen-bond acceptors (Lipinski definition) is 1. The third-order valence-electron chi connectivity index (χ3n) is 1.84. The minimum absolute atomic E-state index is 0.107. The Morgan fingerprint density at radius 1 is 1.78 bits per heavy atom. The molecule has 1 nitrogen and oxygen atoms in total. The molecule has 1 aliphatic rings. The molecule has 1 saturated heterocycles. The molecule has 0 aliphatic carbocycles. The molecule has 52 valence electrons. The quantitative estimate of drug-likeness (QED) is 0.415. The van der Waals surface area contributed by atoms with E-state index < -0.39 is 0 Å². The van der Waals surface area contributed by atoms with E-state index in [0.717, 1.165) is 13.0 Å². The Kier molecular flexibility index (Phi) is 1.91. The summed E-state index contributed by atoms with van der Waals surface area (Å²) in [5.74, 6) is 0. The highest BCUT2D eigenvalue weighted by molar-refractivity contribution is 5.06. The summed E-state index contributed by atoms with van der Waals surface area (Å²) in [5.41, 5.74) is 0.107. The first-order valence-electron chi connectivity index (χ1n) is 3.60. The summed E-state index contributed by atoms with van der Waals surface area (Å²) in [6.07, 6.45) is 5.60. The Morgan fingerprint density at radius 3 is 2.78 bits per heavy atom. The molecule has 0 aromatic carbocycles. The van der Waals surface area contributed by atoms with Gasteiger partial charge in [-0.15, -0.1) is 6.58 Å². The molecule has 0 saturated carbocycles. The zero-order valence-corrected chi connectivity index (χ0v) is 6.02. The van der Waals surface area contributed by atoms with Gasteiger partial charge in [0.05, 0.1) is 6.61 Å². The van der Waals surface area contributed by atoms with E-state index in [9.17, 15) is 0 Å². The molecule has 1 aliphatic heterocycles. The molecule has 0 amide bonds. The maximum absolute atomic E-state index is 5.23. The van der Waals surface area contributed by atoms with Gasteiger partial charge < -0.3 is 4.74 Å². The maximum atomic E-state index is 5.23. The van der Waals surface area contributed by atoms with Gasteiger partial charge in [0.2, 0.25) is 0 Å². The van der Waals surface area contributed by atoms with E-state index in [0.29, 0.717) is 0 Å². The second-order valence-corrected chi connectivity index (χ2v) is 2.66. The molecule has 1 atom stereocenters. The molecule has 0 aromatic heterocycles. The minimum Gasteiger partial charge on any atom is -0.365 e. The molecule has 0 spiro atoms. The van der Waals surface area contributed by atoms with Crippen molar-refractivity contribution in [3.63, 3.8) is 0 Å². The highest BCUT2D eigenvalue weighted by atomic mass is 16.6. The molecule has 0 bridgehead atoms. The van der Waals surface area contributed by atoms with E-state index in [-0.39, 0.29) is 5.60 Å². The Bertz CT molecular complexity index is 103. The molecule has 9 heavy (non-hydrogen) atoms. The number of ether oxygens (including phenoxy) is 1. The Labute approximate surface area is 56.7 Å². The van der Waals surface area contributed by atoms with Crippen molar-refractivity contribution in [2.24, 2.45) is 0 Å². The minimum atomic E-state index is 0.107. The molecule has 1 heterocycles. The predicted octanol–water partition coefficient (Wildman–Crippen LogP) is 2.13. The van der Waals surface area contributed by atoms with Gasteiger partial charge in [-0.05, 0) is 6.42 Å². The molecule has 1 unspecified atom stereocenters. The zero-order valence-electron chi connectivity index (χ0n) is 6.02. The van der Waals surface area contributed by atoms with Crippen molar-refractivity contribution in [1.29, 1.82) is 0 Å². The standard InChI is InChI=1S/C8H14O/c1-3-5-6-8(4-2)7-9-8/h4H,2-3,5-7H2,1H3. The molecule has 0 aromatic rings. The first kappa shape index (κ1) is 6.81. The van der Waals surface area contributed by atoms with Crippen LogP contribution < -0.4 is 0 Å². The fourth-order valence-electron chi connectivity index (χ4n) is 0.933. The van der Waals surface area contributed by atoms with Gasteiger partial charge in [0, 0.05) is 0 Å². The van der Waals surface area contributed by atoms with E-state index in [1.54, 1.807) is 0 Å². The summed E-state index contributed by atoms with van der Waals surface area (Å²) in [4.78, 5) is 0. The van der Waals surface area contributed by atoms with Gasteiger partial charge in [-0.25, -0.2) is 0 Å². The van der Waals surface area contributed by atoms with Gasteiger partial charge in [0.25, 0.3) is 0 Å². The maximum Gasteiger partial charge on any atom is 0.109 e. The monoisotopic (exact) mass is 126 g/mol. The van der Waals surface area contributed by atoms with Gasteiger partial charge >= 0.3 is 0 Å². The second kappa shape index (κ2) is 2.53. The van der Waals surface area contributed by atoms with Crippen LogP contribution in [0.15, 0.2) is 12.7 Å². The van der Waals surface area contributed by atoms with Crippen molar-refractivity contribution in [2.45, 2.75) is 31.8 Å². The summed E-state index contributed by atoms with van der Waals surface area (Å²) in [7, 11) is 0. The second-order valence-electron chi connectivity index (χ2n) is 2.66. The Balaban J connectivity index is 2.17. The highest BCUT2D eigenvalue weighted by Gasteiger charge is 2.40. The molecule has 1 fully saturated rings. The fraction of sp³-hybridized carbons (Fsp3) is 0.750. The molecule has 0 radical (unpaired) electrons. The van der Waals surface area contributed by atoms with E-state index in [2.05, 4.69) is 13.5 Å². The van der Waals surface area contributed by atoms with Crippen LogP contribution in [0.25, 0.3) is 0 Å². The summed E-state index contributed by atoms with van der Waals surface area (Å²) in [5, 5.41) is 0. The number of rotatable bonds is 4. The van der Waals surface area contributed by atoms with Crippen LogP contribution in [0.5, 0.6) is 0 Å². The summed E-state index contributed by atoms with van der Waals surface area (Å²) >= 11 is 0. The van der Waals surface area contributed by atoms with Crippen molar-refractivity contribution in [3.05, 3.63) is 12.7 Å². The zero-order chi connectivity index (χ0) is 6.74. The lowest BCUT2D eigenvalue weighted by molar-refractivity contribution is 0.331. The summed E-state index contributed by atoms with van der Waals surface area (Å²) in [6, 6.07) is 0. The fourth-order valence-corrected chi connectivity index (χ4v) is 0.933. The lowest BCUT2D eigenvalue weighted by atomic mass is 10.0. The van der Waals surface area contributed by atoms with Gasteiger partial charge in [-0.3, -0.25) is 0 Å². The van der Waals surface area contributed by atoms with Crippen LogP contribution in [0.4, 0.5) is 0 Å².